The van der Waals surface area contributed by atoms with E-state index in [9.17, 15) is 17.6 Å². The first-order valence-electron chi connectivity index (χ1n) is 7.63. The topological polar surface area (TPSA) is 84.5 Å². The molecule has 2 aliphatic carbocycles. The van der Waals surface area contributed by atoms with Crippen LogP contribution in [0.2, 0.25) is 5.02 Å². The van der Waals surface area contributed by atoms with Crippen molar-refractivity contribution >= 4 is 27.7 Å². The van der Waals surface area contributed by atoms with Gasteiger partial charge in [-0.15, -0.1) is 0 Å². The summed E-state index contributed by atoms with van der Waals surface area (Å²) in [6.45, 7) is 2.21. The highest BCUT2D eigenvalue weighted by Gasteiger charge is 2.53. The maximum atomic E-state index is 14.2. The zero-order valence-electron chi connectivity index (χ0n) is 13.2. The van der Waals surface area contributed by atoms with Crippen molar-refractivity contribution in [2.45, 2.75) is 25.9 Å². The van der Waals surface area contributed by atoms with Crippen molar-refractivity contribution in [2.24, 2.45) is 17.8 Å². The number of rotatable bonds is 5. The van der Waals surface area contributed by atoms with Gasteiger partial charge in [-0.2, -0.15) is 8.42 Å². The molecule has 1 aromatic carbocycles. The standard InChI is InChI=1S/C15H18ClFN2O4S/c1-7-9-3-8(4-10(7)9)23-14-6-13(17)11(5-12(14)16)15(20)19-24(21,22)18-2/h5-10,18H,3-4H2,1-2H3,(H,19,20). The van der Waals surface area contributed by atoms with Crippen molar-refractivity contribution in [1.82, 2.24) is 9.44 Å². The number of carbonyl (C=O) groups excluding carboxylic acids is 1. The van der Waals surface area contributed by atoms with E-state index in [2.05, 4.69) is 6.92 Å². The van der Waals surface area contributed by atoms with E-state index in [1.807, 2.05) is 4.72 Å². The zero-order chi connectivity index (χ0) is 17.6. The molecule has 0 radical (unpaired) electrons. The van der Waals surface area contributed by atoms with E-state index in [0.717, 1.165) is 37.9 Å². The van der Waals surface area contributed by atoms with Gasteiger partial charge in [0.05, 0.1) is 16.7 Å². The smallest absolute Gasteiger partial charge is 0.301 e. The molecule has 1 amide bonds. The Morgan fingerprint density at radius 1 is 1.33 bits per heavy atom. The molecule has 2 aliphatic rings. The fraction of sp³-hybridized carbons (Fsp3) is 0.533. The van der Waals surface area contributed by atoms with Crippen LogP contribution in [0.1, 0.15) is 30.1 Å². The summed E-state index contributed by atoms with van der Waals surface area (Å²) in [6, 6.07) is 2.10. The summed E-state index contributed by atoms with van der Waals surface area (Å²) in [5, 5.41) is 0.0667. The molecule has 2 fully saturated rings. The van der Waals surface area contributed by atoms with Gasteiger partial charge >= 0.3 is 10.2 Å². The van der Waals surface area contributed by atoms with Crippen molar-refractivity contribution in [2.75, 3.05) is 7.05 Å². The minimum Gasteiger partial charge on any atom is -0.489 e. The first-order valence-corrected chi connectivity index (χ1v) is 9.49. The summed E-state index contributed by atoms with van der Waals surface area (Å²) in [5.41, 5.74) is -0.464. The molecule has 0 bridgehead atoms. The second-order valence-corrected chi connectivity index (χ2v) is 8.33. The Kier molecular flexibility index (Phi) is 4.48. The molecular formula is C15H18ClFN2O4S. The molecule has 0 heterocycles. The van der Waals surface area contributed by atoms with Gasteiger partial charge in [-0.1, -0.05) is 18.5 Å². The molecule has 6 nitrogen and oxygen atoms in total. The molecule has 0 spiro atoms. The summed E-state index contributed by atoms with van der Waals surface area (Å²) < 4.78 is 46.1. The number of benzene rings is 1. The Labute approximate surface area is 144 Å². The SMILES string of the molecule is CNS(=O)(=O)NC(=O)c1cc(Cl)c(OC2CC3C(C)C3C2)cc1F. The minimum atomic E-state index is -4.02. The maximum absolute atomic E-state index is 14.2. The van der Waals surface area contributed by atoms with Crippen LogP contribution in [0.5, 0.6) is 5.75 Å². The van der Waals surface area contributed by atoms with E-state index in [1.165, 1.54) is 0 Å². The zero-order valence-corrected chi connectivity index (χ0v) is 14.7. The minimum absolute atomic E-state index is 0.00237. The second kappa shape index (κ2) is 6.16. The number of nitrogens with one attached hydrogen (secondary N) is 2. The maximum Gasteiger partial charge on any atom is 0.301 e. The number of hydrogen-bond acceptors (Lipinski definition) is 4. The summed E-state index contributed by atoms with van der Waals surface area (Å²) >= 11 is 6.07. The average molecular weight is 377 g/mol. The molecule has 24 heavy (non-hydrogen) atoms. The van der Waals surface area contributed by atoms with Crippen LogP contribution in [-0.4, -0.2) is 27.5 Å². The molecule has 2 unspecified atom stereocenters. The molecule has 2 N–H and O–H groups in total. The molecule has 3 rings (SSSR count). The van der Waals surface area contributed by atoms with Crippen LogP contribution in [0.15, 0.2) is 12.1 Å². The predicted molar refractivity (Wildman–Crippen MR) is 86.6 cm³/mol. The van der Waals surface area contributed by atoms with Crippen LogP contribution < -0.4 is 14.2 Å². The first kappa shape index (κ1) is 17.4. The third kappa shape index (κ3) is 3.36. The van der Waals surface area contributed by atoms with Crippen LogP contribution >= 0.6 is 11.6 Å². The Balaban J connectivity index is 1.73. The second-order valence-electron chi connectivity index (χ2n) is 6.30. The highest BCUT2D eigenvalue weighted by molar-refractivity contribution is 7.88. The lowest BCUT2D eigenvalue weighted by atomic mass is 10.1. The van der Waals surface area contributed by atoms with E-state index in [0.29, 0.717) is 11.8 Å². The molecule has 132 valence electrons. The molecule has 2 atom stereocenters. The number of amides is 1. The number of halogens is 2. The Bertz CT molecular complexity index is 774. The lowest BCUT2D eigenvalue weighted by Crippen LogP contribution is -2.38. The van der Waals surface area contributed by atoms with Gasteiger partial charge in [0.2, 0.25) is 0 Å². The highest BCUT2D eigenvalue weighted by atomic mass is 35.5. The fourth-order valence-corrected chi connectivity index (χ4v) is 4.08. The highest BCUT2D eigenvalue weighted by Crippen LogP contribution is 2.57. The van der Waals surface area contributed by atoms with Crippen LogP contribution in [0.3, 0.4) is 0 Å². The third-order valence-corrected chi connectivity index (χ3v) is 6.17. The quantitative estimate of drug-likeness (QED) is 0.824. The third-order valence-electron chi connectivity index (χ3n) is 4.89. The van der Waals surface area contributed by atoms with E-state index < -0.39 is 27.5 Å². The van der Waals surface area contributed by atoms with Crippen molar-refractivity contribution in [3.05, 3.63) is 28.5 Å². The van der Waals surface area contributed by atoms with Gasteiger partial charge < -0.3 is 4.74 Å². The summed E-state index contributed by atoms with van der Waals surface area (Å²) in [5.74, 6) is 0.255. The van der Waals surface area contributed by atoms with E-state index >= 15 is 0 Å². The predicted octanol–water partition coefficient (Wildman–Crippen LogP) is 2.10. The number of hydrogen-bond donors (Lipinski definition) is 2. The summed E-state index contributed by atoms with van der Waals surface area (Å²) in [6.07, 6.45) is 1.84. The number of carbonyl (C=O) groups is 1. The lowest BCUT2D eigenvalue weighted by Gasteiger charge is -2.18. The van der Waals surface area contributed by atoms with Gasteiger partial charge in [0.15, 0.2) is 0 Å². The molecular weight excluding hydrogens is 359 g/mol. The van der Waals surface area contributed by atoms with E-state index in [4.69, 9.17) is 16.3 Å². The lowest BCUT2D eigenvalue weighted by molar-refractivity contribution is 0.0977. The van der Waals surface area contributed by atoms with Crippen molar-refractivity contribution in [3.8, 4) is 5.75 Å². The van der Waals surface area contributed by atoms with E-state index in [1.54, 1.807) is 4.72 Å². The van der Waals surface area contributed by atoms with Crippen LogP contribution in [0.4, 0.5) is 4.39 Å². The monoisotopic (exact) mass is 376 g/mol. The van der Waals surface area contributed by atoms with Crippen LogP contribution in [-0.2, 0) is 10.2 Å². The first-order chi connectivity index (χ1) is 11.2. The number of fused-ring (bicyclic) bond motifs is 1. The average Bonchev–Trinajstić information content (AvgIpc) is 2.93. The molecule has 1 aromatic rings. The van der Waals surface area contributed by atoms with Gasteiger partial charge in [0.25, 0.3) is 5.91 Å². The van der Waals surface area contributed by atoms with Gasteiger partial charge in [0.1, 0.15) is 11.6 Å². The molecule has 0 saturated heterocycles. The normalized spacial score (nSPS) is 28.3. The van der Waals surface area contributed by atoms with Crippen molar-refractivity contribution in [1.29, 1.82) is 0 Å². The van der Waals surface area contributed by atoms with Gasteiger partial charge in [-0.3, -0.25) is 4.79 Å². The number of ether oxygens (including phenoxy) is 1. The Morgan fingerprint density at radius 3 is 2.54 bits per heavy atom. The fourth-order valence-electron chi connectivity index (χ4n) is 3.42. The molecule has 0 aliphatic heterocycles. The van der Waals surface area contributed by atoms with Crippen LogP contribution in [0.25, 0.3) is 0 Å². The Hall–Kier alpha value is -1.38. The van der Waals surface area contributed by atoms with Crippen molar-refractivity contribution in [3.63, 3.8) is 0 Å². The molecule has 0 aromatic heterocycles. The molecule has 9 heteroatoms. The van der Waals surface area contributed by atoms with Crippen molar-refractivity contribution < 1.29 is 22.3 Å². The van der Waals surface area contributed by atoms with Crippen LogP contribution in [0, 0.1) is 23.6 Å². The van der Waals surface area contributed by atoms with Gasteiger partial charge in [0, 0.05) is 13.1 Å². The summed E-state index contributed by atoms with van der Waals surface area (Å²) in [7, 11) is -2.89. The van der Waals surface area contributed by atoms with Gasteiger partial charge in [-0.25, -0.2) is 13.8 Å². The molecule has 2 saturated carbocycles. The van der Waals surface area contributed by atoms with Gasteiger partial charge in [-0.05, 0) is 36.7 Å². The van der Waals surface area contributed by atoms with E-state index in [-0.39, 0.29) is 16.9 Å². The largest absolute Gasteiger partial charge is 0.489 e. The Morgan fingerprint density at radius 2 is 1.96 bits per heavy atom. The summed E-state index contributed by atoms with van der Waals surface area (Å²) in [4.78, 5) is 11.9.